The van der Waals surface area contributed by atoms with Crippen LogP contribution in [0.4, 0.5) is 0 Å². The summed E-state index contributed by atoms with van der Waals surface area (Å²) in [7, 11) is 0. The monoisotopic (exact) mass is 1440 g/mol. The molecule has 0 spiro atoms. The molecule has 0 unspecified atom stereocenters. The first-order valence-corrected chi connectivity index (χ1v) is 38.4. The molecule has 0 fully saturated rings. The second-order valence-electron chi connectivity index (χ2n) is 30.0. The second kappa shape index (κ2) is 28.2. The molecule has 0 radical (unpaired) electrons. The van der Waals surface area contributed by atoms with Crippen LogP contribution in [0.3, 0.4) is 0 Å². The molecule has 0 aliphatic carbocycles. The largest absolute Gasteiger partial charge is 0.309 e. The van der Waals surface area contributed by atoms with E-state index in [0.717, 1.165) is 122 Å². The van der Waals surface area contributed by atoms with Gasteiger partial charge in [-0.15, -0.1) is 0 Å². The van der Waals surface area contributed by atoms with Crippen LogP contribution in [-0.2, 0) is 0 Å². The summed E-state index contributed by atoms with van der Waals surface area (Å²) in [6.07, 6.45) is 0. The smallest absolute Gasteiger partial charge is 0.164 e. The quantitative estimate of drug-likeness (QED) is 0.108. The van der Waals surface area contributed by atoms with E-state index in [1.807, 2.05) is 72.8 Å². The lowest BCUT2D eigenvalue weighted by Gasteiger charge is -2.18. The predicted molar refractivity (Wildman–Crippen MR) is 465 cm³/mol. The van der Waals surface area contributed by atoms with Gasteiger partial charge in [0, 0.05) is 66.2 Å². The summed E-state index contributed by atoms with van der Waals surface area (Å²) in [6.45, 7) is 17.5. The molecule has 19 rings (SSSR count). The van der Waals surface area contributed by atoms with Gasteiger partial charge in [0.05, 0.1) is 27.8 Å². The van der Waals surface area contributed by atoms with Gasteiger partial charge < -0.3 is 9.13 Å². The minimum atomic E-state index is 0.548. The van der Waals surface area contributed by atoms with Crippen molar-refractivity contribution < 1.29 is 0 Å². The molecular formula is C104H78N8. The van der Waals surface area contributed by atoms with Crippen LogP contribution < -0.4 is 0 Å². The maximum absolute atomic E-state index is 5.45. The number of hydrogen-bond donors (Lipinski definition) is 0. The van der Waals surface area contributed by atoms with Crippen molar-refractivity contribution in [2.45, 2.75) is 55.4 Å². The fourth-order valence-corrected chi connectivity index (χ4v) is 16.7. The molecule has 4 aromatic heterocycles. The number of aryl methyl sites for hydroxylation is 8. The molecule has 0 atom stereocenters. The first-order valence-electron chi connectivity index (χ1n) is 38.4. The fourth-order valence-electron chi connectivity index (χ4n) is 16.7. The lowest BCUT2D eigenvalue weighted by Crippen LogP contribution is -2.02. The average molecular weight is 1440 g/mol. The third-order valence-electron chi connectivity index (χ3n) is 22.1. The molecule has 15 aromatic carbocycles. The fraction of sp³-hybridized carbons (Fsp3) is 0.0769. The molecule has 0 N–H and O–H groups in total. The molecule has 0 amide bonds. The van der Waals surface area contributed by atoms with Gasteiger partial charge in [-0.1, -0.05) is 259 Å². The van der Waals surface area contributed by atoms with Crippen molar-refractivity contribution in [2.75, 3.05) is 0 Å². The molecule has 0 bridgehead atoms. The van der Waals surface area contributed by atoms with E-state index >= 15 is 0 Å². The maximum atomic E-state index is 5.45. The average Bonchev–Trinajstić information content (AvgIpc) is 1.55. The zero-order valence-corrected chi connectivity index (χ0v) is 63.8. The maximum Gasteiger partial charge on any atom is 0.164 e. The summed E-state index contributed by atoms with van der Waals surface area (Å²) < 4.78 is 4.92. The highest BCUT2D eigenvalue weighted by molar-refractivity contribution is 6.14. The highest BCUT2D eigenvalue weighted by Crippen LogP contribution is 2.46. The van der Waals surface area contributed by atoms with Crippen molar-refractivity contribution in [2.24, 2.45) is 0 Å². The SMILES string of the molecule is Cc1ccc(-c2ccc3c(c2)c2cc(-c4ccc(C)cc4C)ccc2n3-c2cc(-c3cccc(-c4cc(-c5nc(-c6ccccc6)nc(-c6ccccc6)n5)ccc4-n4c5ccc(-c6ccc(C)cc6C)cc5c5cc(-c6ccc(C)cc6C)ccc54)c3)cc(-c3nc(-c4ccccc4)nc(-c4ccccc4)n3)c2)c(C)c1. The van der Waals surface area contributed by atoms with Crippen LogP contribution >= 0.6 is 0 Å². The Morgan fingerprint density at radius 2 is 0.464 bits per heavy atom. The molecule has 4 heterocycles. The number of fused-ring (bicyclic) bond motifs is 6. The molecular weight excluding hydrogens is 1360 g/mol. The van der Waals surface area contributed by atoms with E-state index in [1.165, 1.54) is 77.9 Å². The molecule has 19 aromatic rings. The van der Waals surface area contributed by atoms with E-state index in [2.05, 4.69) is 319 Å². The number of nitrogens with zero attached hydrogens (tertiary/aromatic N) is 8. The summed E-state index contributed by atoms with van der Waals surface area (Å²) >= 11 is 0. The van der Waals surface area contributed by atoms with Gasteiger partial charge in [-0.2, -0.15) is 0 Å². The van der Waals surface area contributed by atoms with Crippen LogP contribution in [0.1, 0.15) is 44.5 Å². The Kier molecular flexibility index (Phi) is 17.2. The van der Waals surface area contributed by atoms with Gasteiger partial charge in [-0.3, -0.25) is 0 Å². The number of aromatic nitrogens is 8. The van der Waals surface area contributed by atoms with Gasteiger partial charge in [0.25, 0.3) is 0 Å². The Hall–Kier alpha value is -14.1. The van der Waals surface area contributed by atoms with Crippen molar-refractivity contribution in [3.63, 3.8) is 0 Å². The Morgan fingerprint density at radius 3 is 0.821 bits per heavy atom. The van der Waals surface area contributed by atoms with Crippen molar-refractivity contribution >= 4 is 43.6 Å². The minimum Gasteiger partial charge on any atom is -0.309 e. The highest BCUT2D eigenvalue weighted by Gasteiger charge is 2.25. The Balaban J connectivity index is 0.870. The summed E-state index contributed by atoms with van der Waals surface area (Å²) in [4.78, 5) is 32.0. The van der Waals surface area contributed by atoms with E-state index in [9.17, 15) is 0 Å². The molecule has 0 aliphatic rings. The van der Waals surface area contributed by atoms with E-state index in [-0.39, 0.29) is 0 Å². The predicted octanol–water partition coefficient (Wildman–Crippen LogP) is 26.7. The topological polar surface area (TPSA) is 87.2 Å². The Morgan fingerprint density at radius 1 is 0.179 bits per heavy atom. The van der Waals surface area contributed by atoms with Crippen LogP contribution in [0.25, 0.3) is 190 Å². The minimum absolute atomic E-state index is 0.548. The molecule has 112 heavy (non-hydrogen) atoms. The van der Waals surface area contributed by atoms with Gasteiger partial charge in [0.15, 0.2) is 34.9 Å². The third kappa shape index (κ3) is 12.7. The normalized spacial score (nSPS) is 11.6. The molecule has 534 valence electrons. The second-order valence-corrected chi connectivity index (χ2v) is 30.0. The molecule has 0 saturated carbocycles. The van der Waals surface area contributed by atoms with Crippen LogP contribution in [0.2, 0.25) is 0 Å². The first kappa shape index (κ1) is 68.5. The summed E-state index contributed by atoms with van der Waals surface area (Å²) in [6, 6.07) is 119. The van der Waals surface area contributed by atoms with Crippen molar-refractivity contribution in [3.05, 3.63) is 372 Å². The van der Waals surface area contributed by atoms with E-state index in [1.54, 1.807) is 0 Å². The van der Waals surface area contributed by atoms with Gasteiger partial charge in [0.2, 0.25) is 0 Å². The summed E-state index contributed by atoms with van der Waals surface area (Å²) in [5, 5.41) is 4.61. The van der Waals surface area contributed by atoms with Crippen LogP contribution in [0.15, 0.2) is 328 Å². The van der Waals surface area contributed by atoms with Crippen molar-refractivity contribution in [3.8, 4) is 146 Å². The van der Waals surface area contributed by atoms with E-state index in [4.69, 9.17) is 29.9 Å². The zero-order valence-electron chi connectivity index (χ0n) is 63.8. The summed E-state index contributed by atoms with van der Waals surface area (Å²) in [5.74, 6) is 3.45. The van der Waals surface area contributed by atoms with Gasteiger partial charge in [-0.05, 0) is 230 Å². The van der Waals surface area contributed by atoms with Crippen molar-refractivity contribution in [1.29, 1.82) is 0 Å². The molecule has 8 nitrogen and oxygen atoms in total. The van der Waals surface area contributed by atoms with Gasteiger partial charge in [0.1, 0.15) is 0 Å². The molecule has 0 saturated heterocycles. The lowest BCUT2D eigenvalue weighted by molar-refractivity contribution is 1.07. The number of hydrogen-bond acceptors (Lipinski definition) is 6. The van der Waals surface area contributed by atoms with Gasteiger partial charge in [-0.25, -0.2) is 29.9 Å². The molecule has 8 heteroatoms. The van der Waals surface area contributed by atoms with Crippen molar-refractivity contribution in [1.82, 2.24) is 39.0 Å². The van der Waals surface area contributed by atoms with Crippen LogP contribution in [-0.4, -0.2) is 39.0 Å². The lowest BCUT2D eigenvalue weighted by atomic mass is 9.95. The first-order chi connectivity index (χ1) is 54.7. The van der Waals surface area contributed by atoms with Gasteiger partial charge >= 0.3 is 0 Å². The Labute approximate surface area is 652 Å². The number of benzene rings is 15. The standard InChI is InChI=1S/C104H78N8/c1-63-32-41-85(67(5)50-63)77-36-45-95-90(58-77)91-59-78(86-42-33-64(2)51-68(86)6)37-46-96(91)111(95)84-56-82(55-83(57-84)104-109-101(73-26-17-11-18-27-73)106-102(110-104)74-28-19-12-20-29-74)75-30-21-31-76(54-75)89-62-81(103-107-99(71-22-13-9-14-23-71)105-100(108-103)72-24-15-10-16-25-72)40-49-94(89)112-97-47-38-79(87-43-34-65(3)52-69(87)7)60-92(97)93-61-80(39-48-98(93)112)88-44-35-66(4)53-70(88)8/h9-62H,1-8H3. The third-order valence-corrected chi connectivity index (χ3v) is 22.1. The van der Waals surface area contributed by atoms with E-state index in [0.29, 0.717) is 34.9 Å². The highest BCUT2D eigenvalue weighted by atomic mass is 15.1. The number of rotatable bonds is 14. The van der Waals surface area contributed by atoms with Crippen LogP contribution in [0, 0.1) is 55.4 Å². The summed E-state index contributed by atoms with van der Waals surface area (Å²) in [5.41, 5.74) is 34.8. The molecule has 0 aliphatic heterocycles. The van der Waals surface area contributed by atoms with Crippen LogP contribution in [0.5, 0.6) is 0 Å². The Bertz CT molecular complexity index is 6620. The zero-order chi connectivity index (χ0) is 75.8. The van der Waals surface area contributed by atoms with E-state index < -0.39 is 0 Å².